The molecule has 1 N–H and O–H groups in total. The van der Waals surface area contributed by atoms with Crippen molar-refractivity contribution in [2.75, 3.05) is 5.32 Å². The van der Waals surface area contributed by atoms with Crippen molar-refractivity contribution in [3.63, 3.8) is 0 Å². The van der Waals surface area contributed by atoms with Crippen LogP contribution in [0.15, 0.2) is 30.3 Å². The summed E-state index contributed by atoms with van der Waals surface area (Å²) in [4.78, 5) is 8.89. The summed E-state index contributed by atoms with van der Waals surface area (Å²) < 4.78 is 13.8. The molecule has 4 heteroatoms. The summed E-state index contributed by atoms with van der Waals surface area (Å²) in [6.07, 6.45) is 0. The molecule has 0 amide bonds. The van der Waals surface area contributed by atoms with E-state index in [0.29, 0.717) is 5.56 Å². The Morgan fingerprint density at radius 1 is 1.10 bits per heavy atom. The molecule has 1 heterocycles. The van der Waals surface area contributed by atoms with Crippen LogP contribution in [-0.2, 0) is 0 Å². The van der Waals surface area contributed by atoms with E-state index in [1.54, 1.807) is 12.1 Å². The van der Waals surface area contributed by atoms with Crippen molar-refractivity contribution in [1.29, 1.82) is 0 Å². The smallest absolute Gasteiger partial charge is 0.133 e. The minimum atomic E-state index is -0.206. The first kappa shape index (κ1) is 14.4. The molecule has 0 spiro atoms. The number of rotatable bonds is 4. The summed E-state index contributed by atoms with van der Waals surface area (Å²) in [5.41, 5.74) is 1.54. The molecule has 106 valence electrons. The normalized spacial score (nSPS) is 12.5. The molecular weight excluding hydrogens is 253 g/mol. The fourth-order valence-corrected chi connectivity index (χ4v) is 2.05. The van der Waals surface area contributed by atoms with E-state index in [4.69, 9.17) is 0 Å². The zero-order valence-corrected chi connectivity index (χ0v) is 12.3. The molecule has 0 saturated carbocycles. The lowest BCUT2D eigenvalue weighted by Crippen LogP contribution is -2.11. The van der Waals surface area contributed by atoms with Gasteiger partial charge in [-0.1, -0.05) is 32.0 Å². The number of aryl methyl sites for hydroxylation is 1. The first-order valence-corrected chi connectivity index (χ1v) is 6.84. The van der Waals surface area contributed by atoms with E-state index in [1.807, 2.05) is 26.0 Å². The van der Waals surface area contributed by atoms with Crippen LogP contribution in [0.2, 0.25) is 0 Å². The van der Waals surface area contributed by atoms with Gasteiger partial charge in [-0.2, -0.15) is 0 Å². The summed E-state index contributed by atoms with van der Waals surface area (Å²) in [7, 11) is 0. The van der Waals surface area contributed by atoms with Crippen LogP contribution in [0.1, 0.15) is 49.8 Å². The molecule has 1 unspecified atom stereocenters. The first-order chi connectivity index (χ1) is 9.47. The highest BCUT2D eigenvalue weighted by atomic mass is 19.1. The monoisotopic (exact) mass is 273 g/mol. The third-order valence-corrected chi connectivity index (χ3v) is 3.12. The second kappa shape index (κ2) is 5.99. The fourth-order valence-electron chi connectivity index (χ4n) is 2.05. The number of aromatic nitrogens is 2. The van der Waals surface area contributed by atoms with Crippen LogP contribution in [0.4, 0.5) is 10.2 Å². The molecule has 0 radical (unpaired) electrons. The van der Waals surface area contributed by atoms with Gasteiger partial charge in [-0.25, -0.2) is 14.4 Å². The molecule has 1 atom stereocenters. The number of hydrogen-bond donors (Lipinski definition) is 1. The molecule has 0 aliphatic heterocycles. The molecule has 0 fully saturated rings. The van der Waals surface area contributed by atoms with E-state index >= 15 is 0 Å². The van der Waals surface area contributed by atoms with Crippen LogP contribution < -0.4 is 5.32 Å². The fraction of sp³-hybridized carbons (Fsp3) is 0.375. The van der Waals surface area contributed by atoms with Gasteiger partial charge in [-0.05, 0) is 19.9 Å². The van der Waals surface area contributed by atoms with Crippen molar-refractivity contribution in [3.05, 3.63) is 53.2 Å². The average molecular weight is 273 g/mol. The van der Waals surface area contributed by atoms with Crippen LogP contribution in [0, 0.1) is 12.7 Å². The standard InChI is InChI=1S/C16H20FN3/c1-10(2)16-18-11(3)9-15(20-16)19-12(4)13-7-5-6-8-14(13)17/h5-10,12H,1-4H3,(H,18,19,20). The number of benzene rings is 1. The van der Waals surface area contributed by atoms with Gasteiger partial charge < -0.3 is 5.32 Å². The maximum absolute atomic E-state index is 13.8. The predicted octanol–water partition coefficient (Wildman–Crippen LogP) is 4.22. The molecule has 20 heavy (non-hydrogen) atoms. The molecule has 0 aliphatic rings. The minimum Gasteiger partial charge on any atom is -0.363 e. The van der Waals surface area contributed by atoms with Gasteiger partial charge >= 0.3 is 0 Å². The van der Waals surface area contributed by atoms with Gasteiger partial charge in [0.15, 0.2) is 0 Å². The number of halogens is 1. The SMILES string of the molecule is Cc1cc(NC(C)c2ccccc2F)nc(C(C)C)n1. The van der Waals surface area contributed by atoms with Crippen molar-refractivity contribution in [3.8, 4) is 0 Å². The van der Waals surface area contributed by atoms with Crippen molar-refractivity contribution in [2.45, 2.75) is 39.7 Å². The topological polar surface area (TPSA) is 37.8 Å². The Balaban J connectivity index is 2.24. The Morgan fingerprint density at radius 3 is 2.45 bits per heavy atom. The predicted molar refractivity (Wildman–Crippen MR) is 79.3 cm³/mol. The number of nitrogens with one attached hydrogen (secondary N) is 1. The molecular formula is C16H20FN3. The van der Waals surface area contributed by atoms with E-state index < -0.39 is 0 Å². The first-order valence-electron chi connectivity index (χ1n) is 6.84. The van der Waals surface area contributed by atoms with Crippen LogP contribution in [-0.4, -0.2) is 9.97 Å². The number of nitrogens with zero attached hydrogens (tertiary/aromatic N) is 2. The van der Waals surface area contributed by atoms with Crippen molar-refractivity contribution < 1.29 is 4.39 Å². The summed E-state index contributed by atoms with van der Waals surface area (Å²) in [6.45, 7) is 7.97. The maximum Gasteiger partial charge on any atom is 0.133 e. The van der Waals surface area contributed by atoms with Crippen LogP contribution in [0.3, 0.4) is 0 Å². The average Bonchev–Trinajstić information content (AvgIpc) is 2.38. The highest BCUT2D eigenvalue weighted by molar-refractivity contribution is 5.39. The minimum absolute atomic E-state index is 0.148. The molecule has 2 aromatic rings. The Kier molecular flexibility index (Phi) is 4.32. The molecule has 2 rings (SSSR count). The van der Waals surface area contributed by atoms with Gasteiger partial charge in [0.25, 0.3) is 0 Å². The molecule has 1 aromatic heterocycles. The second-order valence-electron chi connectivity index (χ2n) is 5.30. The second-order valence-corrected chi connectivity index (χ2v) is 5.30. The zero-order valence-electron chi connectivity index (χ0n) is 12.3. The summed E-state index contributed by atoms with van der Waals surface area (Å²) in [6, 6.07) is 8.51. The summed E-state index contributed by atoms with van der Waals surface area (Å²) in [5.74, 6) is 1.59. The zero-order chi connectivity index (χ0) is 14.7. The van der Waals surface area contributed by atoms with Gasteiger partial charge in [0.05, 0.1) is 6.04 Å². The van der Waals surface area contributed by atoms with Gasteiger partial charge in [0, 0.05) is 23.2 Å². The quantitative estimate of drug-likeness (QED) is 0.906. The third-order valence-electron chi connectivity index (χ3n) is 3.12. The number of anilines is 1. The maximum atomic E-state index is 13.8. The Hall–Kier alpha value is -1.97. The van der Waals surface area contributed by atoms with E-state index in [2.05, 4.69) is 29.1 Å². The Morgan fingerprint density at radius 2 is 1.80 bits per heavy atom. The highest BCUT2D eigenvalue weighted by Crippen LogP contribution is 2.22. The van der Waals surface area contributed by atoms with E-state index in [9.17, 15) is 4.39 Å². The van der Waals surface area contributed by atoms with Gasteiger partial charge in [0.1, 0.15) is 17.5 Å². The lowest BCUT2D eigenvalue weighted by Gasteiger charge is -2.17. The van der Waals surface area contributed by atoms with Crippen molar-refractivity contribution in [1.82, 2.24) is 9.97 Å². The lowest BCUT2D eigenvalue weighted by molar-refractivity contribution is 0.600. The Labute approximate surface area is 119 Å². The molecule has 0 aliphatic carbocycles. The van der Waals surface area contributed by atoms with E-state index in [-0.39, 0.29) is 17.8 Å². The summed E-state index contributed by atoms with van der Waals surface area (Å²) in [5, 5.41) is 3.24. The van der Waals surface area contributed by atoms with E-state index in [0.717, 1.165) is 17.3 Å². The molecule has 1 aromatic carbocycles. The van der Waals surface area contributed by atoms with Gasteiger partial charge in [0.2, 0.25) is 0 Å². The third kappa shape index (κ3) is 3.32. The molecule has 3 nitrogen and oxygen atoms in total. The van der Waals surface area contributed by atoms with Crippen LogP contribution in [0.5, 0.6) is 0 Å². The largest absolute Gasteiger partial charge is 0.363 e. The highest BCUT2D eigenvalue weighted by Gasteiger charge is 2.12. The summed E-state index contributed by atoms with van der Waals surface area (Å²) >= 11 is 0. The van der Waals surface area contributed by atoms with Crippen LogP contribution in [0.25, 0.3) is 0 Å². The number of hydrogen-bond acceptors (Lipinski definition) is 3. The van der Waals surface area contributed by atoms with Crippen LogP contribution >= 0.6 is 0 Å². The molecule has 0 saturated heterocycles. The van der Waals surface area contributed by atoms with Gasteiger partial charge in [-0.15, -0.1) is 0 Å². The Bertz CT molecular complexity index is 596. The lowest BCUT2D eigenvalue weighted by atomic mass is 10.1. The molecule has 0 bridgehead atoms. The van der Waals surface area contributed by atoms with Gasteiger partial charge in [-0.3, -0.25) is 0 Å². The van der Waals surface area contributed by atoms with Crippen molar-refractivity contribution >= 4 is 5.82 Å². The van der Waals surface area contributed by atoms with E-state index in [1.165, 1.54) is 6.07 Å². The van der Waals surface area contributed by atoms with Crippen molar-refractivity contribution in [2.24, 2.45) is 0 Å².